The van der Waals surface area contributed by atoms with Crippen molar-refractivity contribution in [3.05, 3.63) is 36.0 Å². The number of benzene rings is 1. The highest BCUT2D eigenvalue weighted by Crippen LogP contribution is 2.29. The highest BCUT2D eigenvalue weighted by Gasteiger charge is 2.29. The SMILES string of the molecule is Cc1ccc(S(=O)(=O)N2CCC(C)CC2)c2cccnc12. The van der Waals surface area contributed by atoms with Gasteiger partial charge in [0.1, 0.15) is 0 Å². The largest absolute Gasteiger partial charge is 0.256 e. The summed E-state index contributed by atoms with van der Waals surface area (Å²) in [6.07, 6.45) is 3.57. The smallest absolute Gasteiger partial charge is 0.243 e. The quantitative estimate of drug-likeness (QED) is 0.857. The molecule has 1 aliphatic heterocycles. The van der Waals surface area contributed by atoms with Gasteiger partial charge in [-0.2, -0.15) is 4.31 Å². The topological polar surface area (TPSA) is 50.3 Å². The Morgan fingerprint density at radius 2 is 1.90 bits per heavy atom. The van der Waals surface area contributed by atoms with E-state index in [2.05, 4.69) is 11.9 Å². The lowest BCUT2D eigenvalue weighted by Gasteiger charge is -2.29. The molecule has 1 aliphatic rings. The zero-order valence-electron chi connectivity index (χ0n) is 12.4. The van der Waals surface area contributed by atoms with Crippen LogP contribution in [0.5, 0.6) is 0 Å². The lowest BCUT2D eigenvalue weighted by atomic mass is 10.0. The van der Waals surface area contributed by atoms with E-state index < -0.39 is 10.0 Å². The zero-order chi connectivity index (χ0) is 15.0. The van der Waals surface area contributed by atoms with Crippen molar-refractivity contribution in [3.63, 3.8) is 0 Å². The van der Waals surface area contributed by atoms with Gasteiger partial charge >= 0.3 is 0 Å². The Bertz CT molecular complexity index is 763. The molecule has 0 radical (unpaired) electrons. The third-order valence-corrected chi connectivity index (χ3v) is 6.25. The highest BCUT2D eigenvalue weighted by atomic mass is 32.2. The molecular weight excluding hydrogens is 284 g/mol. The van der Waals surface area contributed by atoms with Crippen LogP contribution in [0.15, 0.2) is 35.4 Å². The van der Waals surface area contributed by atoms with Gasteiger partial charge in [0, 0.05) is 24.7 Å². The number of pyridine rings is 1. The first-order chi connectivity index (χ1) is 10.00. The first-order valence-electron chi connectivity index (χ1n) is 7.34. The molecule has 0 atom stereocenters. The van der Waals surface area contributed by atoms with Crippen LogP contribution in [-0.2, 0) is 10.0 Å². The van der Waals surface area contributed by atoms with Crippen LogP contribution >= 0.6 is 0 Å². The van der Waals surface area contributed by atoms with Crippen LogP contribution in [-0.4, -0.2) is 30.8 Å². The fourth-order valence-corrected chi connectivity index (χ4v) is 4.53. The maximum atomic E-state index is 12.9. The second-order valence-corrected chi connectivity index (χ2v) is 7.77. The summed E-state index contributed by atoms with van der Waals surface area (Å²) in [5.74, 6) is 0.605. The molecule has 0 N–H and O–H groups in total. The van der Waals surface area contributed by atoms with E-state index in [-0.39, 0.29) is 0 Å². The summed E-state index contributed by atoms with van der Waals surface area (Å²) in [7, 11) is -3.44. The lowest BCUT2D eigenvalue weighted by molar-refractivity contribution is 0.288. The van der Waals surface area contributed by atoms with Gasteiger partial charge in [-0.3, -0.25) is 4.98 Å². The summed E-state index contributed by atoms with van der Waals surface area (Å²) in [6.45, 7) is 5.35. The highest BCUT2D eigenvalue weighted by molar-refractivity contribution is 7.89. The van der Waals surface area contributed by atoms with E-state index in [9.17, 15) is 8.42 Å². The van der Waals surface area contributed by atoms with Crippen LogP contribution in [0.3, 0.4) is 0 Å². The van der Waals surface area contributed by atoms with Gasteiger partial charge in [0.15, 0.2) is 0 Å². The van der Waals surface area contributed by atoms with Crippen LogP contribution in [0.2, 0.25) is 0 Å². The molecule has 0 spiro atoms. The van der Waals surface area contributed by atoms with Crippen LogP contribution in [0.25, 0.3) is 10.9 Å². The first kappa shape index (κ1) is 14.5. The zero-order valence-corrected chi connectivity index (χ0v) is 13.2. The molecule has 2 aromatic rings. The minimum absolute atomic E-state index is 0.380. The molecule has 0 unspecified atom stereocenters. The van der Waals surface area contributed by atoms with Gasteiger partial charge in [0.05, 0.1) is 10.4 Å². The van der Waals surface area contributed by atoms with Crippen molar-refractivity contribution in [3.8, 4) is 0 Å². The van der Waals surface area contributed by atoms with Gasteiger partial charge in [0.2, 0.25) is 10.0 Å². The van der Waals surface area contributed by atoms with Crippen LogP contribution in [0.1, 0.15) is 25.3 Å². The number of fused-ring (bicyclic) bond motifs is 1. The lowest BCUT2D eigenvalue weighted by Crippen LogP contribution is -2.37. The van der Waals surface area contributed by atoms with Crippen LogP contribution < -0.4 is 0 Å². The average Bonchev–Trinajstić information content (AvgIpc) is 2.48. The molecule has 1 saturated heterocycles. The number of rotatable bonds is 2. The van der Waals surface area contributed by atoms with Crippen LogP contribution in [0.4, 0.5) is 0 Å². The molecule has 0 bridgehead atoms. The molecule has 3 rings (SSSR count). The molecule has 0 aliphatic carbocycles. The Morgan fingerprint density at radius 3 is 2.62 bits per heavy atom. The number of hydrogen-bond donors (Lipinski definition) is 0. The van der Waals surface area contributed by atoms with Crippen molar-refractivity contribution >= 4 is 20.9 Å². The second kappa shape index (κ2) is 5.39. The van der Waals surface area contributed by atoms with E-state index in [4.69, 9.17) is 0 Å². The Morgan fingerprint density at radius 1 is 1.19 bits per heavy atom. The maximum absolute atomic E-state index is 12.9. The van der Waals surface area contributed by atoms with Crippen LogP contribution in [0, 0.1) is 12.8 Å². The summed E-state index contributed by atoms with van der Waals surface area (Å²) in [5, 5.41) is 0.719. The van der Waals surface area contributed by atoms with Gasteiger partial charge in [-0.15, -0.1) is 0 Å². The fraction of sp³-hybridized carbons (Fsp3) is 0.438. The van der Waals surface area contributed by atoms with Gasteiger partial charge in [0.25, 0.3) is 0 Å². The van der Waals surface area contributed by atoms with Gasteiger partial charge in [-0.1, -0.05) is 13.0 Å². The van der Waals surface area contributed by atoms with Gasteiger partial charge in [-0.25, -0.2) is 8.42 Å². The van der Waals surface area contributed by atoms with Gasteiger partial charge in [-0.05, 0) is 49.4 Å². The Balaban J connectivity index is 2.09. The molecule has 21 heavy (non-hydrogen) atoms. The summed E-state index contributed by atoms with van der Waals surface area (Å²) in [5.41, 5.74) is 1.76. The summed E-state index contributed by atoms with van der Waals surface area (Å²) in [4.78, 5) is 4.71. The van der Waals surface area contributed by atoms with Crippen molar-refractivity contribution < 1.29 is 8.42 Å². The number of sulfonamides is 1. The van der Waals surface area contributed by atoms with Crippen molar-refractivity contribution in [1.29, 1.82) is 0 Å². The molecule has 112 valence electrons. The normalized spacial score (nSPS) is 18.2. The molecule has 1 aromatic heterocycles. The fourth-order valence-electron chi connectivity index (χ4n) is 2.88. The Kier molecular flexibility index (Phi) is 3.71. The molecule has 5 heteroatoms. The van der Waals surface area contributed by atoms with E-state index >= 15 is 0 Å². The predicted molar refractivity (Wildman–Crippen MR) is 83.6 cm³/mol. The number of aryl methyl sites for hydroxylation is 1. The number of aromatic nitrogens is 1. The first-order valence-corrected chi connectivity index (χ1v) is 8.78. The molecule has 2 heterocycles. The van der Waals surface area contributed by atoms with E-state index in [0.717, 1.165) is 29.3 Å². The van der Waals surface area contributed by atoms with E-state index in [1.807, 2.05) is 19.1 Å². The summed E-state index contributed by atoms with van der Waals surface area (Å²) < 4.78 is 27.4. The second-order valence-electron chi connectivity index (χ2n) is 5.87. The predicted octanol–water partition coefficient (Wildman–Crippen LogP) is 2.96. The molecular formula is C16H20N2O2S. The van der Waals surface area contributed by atoms with E-state index in [0.29, 0.717) is 23.9 Å². The summed E-state index contributed by atoms with van der Waals surface area (Å²) in [6, 6.07) is 7.19. The van der Waals surface area contributed by atoms with E-state index in [1.165, 1.54) is 0 Å². The van der Waals surface area contributed by atoms with Crippen molar-refractivity contribution in [2.24, 2.45) is 5.92 Å². The number of nitrogens with zero attached hydrogens (tertiary/aromatic N) is 2. The van der Waals surface area contributed by atoms with E-state index in [1.54, 1.807) is 22.6 Å². The Labute approximate surface area is 125 Å². The third kappa shape index (κ3) is 2.56. The third-order valence-electron chi connectivity index (χ3n) is 4.29. The number of hydrogen-bond acceptors (Lipinski definition) is 3. The molecule has 0 amide bonds. The standard InChI is InChI=1S/C16H20N2O2S/c1-12-7-10-18(11-8-12)21(19,20)15-6-5-13(2)16-14(15)4-3-9-17-16/h3-6,9,12H,7-8,10-11H2,1-2H3. The molecule has 1 fully saturated rings. The minimum Gasteiger partial charge on any atom is -0.256 e. The van der Waals surface area contributed by atoms with Crippen molar-refractivity contribution in [2.45, 2.75) is 31.6 Å². The van der Waals surface area contributed by atoms with Crippen molar-refractivity contribution in [1.82, 2.24) is 9.29 Å². The number of piperidine rings is 1. The molecule has 4 nitrogen and oxygen atoms in total. The Hall–Kier alpha value is -1.46. The minimum atomic E-state index is -3.44. The molecule has 1 aromatic carbocycles. The average molecular weight is 304 g/mol. The van der Waals surface area contributed by atoms with Crippen molar-refractivity contribution in [2.75, 3.05) is 13.1 Å². The molecule has 0 saturated carbocycles. The van der Waals surface area contributed by atoms with Gasteiger partial charge < -0.3 is 0 Å². The summed E-state index contributed by atoms with van der Waals surface area (Å²) >= 11 is 0. The maximum Gasteiger partial charge on any atom is 0.243 e. The monoisotopic (exact) mass is 304 g/mol.